The normalized spacial score (nSPS) is 53.1. The maximum Gasteiger partial charge on any atom is 0.0436 e. The highest BCUT2D eigenvalue weighted by Gasteiger charge is 2.66. The average molecular weight is 207 g/mol. The molecule has 0 heterocycles. The van der Waals surface area contributed by atoms with Gasteiger partial charge in [-0.25, -0.2) is 0 Å². The Morgan fingerprint density at radius 2 is 1.90 bits per heavy atom. The molecule has 60 valence electrons. The van der Waals surface area contributed by atoms with Crippen LogP contribution in [0.2, 0.25) is 0 Å². The molecule has 10 heavy (non-hydrogen) atoms. The smallest absolute Gasteiger partial charge is 0.0436 e. The fourth-order valence-corrected chi connectivity index (χ4v) is 2.72. The van der Waals surface area contributed by atoms with Crippen molar-refractivity contribution in [2.45, 2.75) is 31.5 Å². The van der Waals surface area contributed by atoms with Crippen molar-refractivity contribution in [2.75, 3.05) is 6.61 Å². The van der Waals surface area contributed by atoms with Crippen molar-refractivity contribution in [1.29, 1.82) is 0 Å². The van der Waals surface area contributed by atoms with Gasteiger partial charge in [-0.05, 0) is 24.7 Å². The molecule has 1 nitrogen and oxygen atoms in total. The number of hydrogen-bond donors (Lipinski definition) is 1. The summed E-state index contributed by atoms with van der Waals surface area (Å²) in [4.78, 5) is 0. The molecule has 0 aromatic carbocycles. The average Bonchev–Trinajstić information content (AvgIpc) is 2.17. The van der Waals surface area contributed by atoms with Crippen LogP contribution in [0.25, 0.3) is 0 Å². The third-order valence-electron chi connectivity index (χ3n) is 3.43. The van der Waals surface area contributed by atoms with Gasteiger partial charge in [0.1, 0.15) is 0 Å². The van der Waals surface area contributed by atoms with E-state index in [1.54, 1.807) is 0 Å². The summed E-state index contributed by atoms with van der Waals surface area (Å²) in [7, 11) is 0. The van der Waals surface area contributed by atoms with Crippen molar-refractivity contribution < 1.29 is 5.11 Å². The van der Waals surface area contributed by atoms with E-state index in [2.05, 4.69) is 36.7 Å². The maximum absolute atomic E-state index is 8.77. The van der Waals surface area contributed by atoms with Crippen LogP contribution in [0.3, 0.4) is 0 Å². The molecule has 0 aromatic rings. The van der Waals surface area contributed by atoms with E-state index < -0.39 is 0 Å². The molecule has 2 heteroatoms. The minimum absolute atomic E-state index is 0.267. The summed E-state index contributed by atoms with van der Waals surface area (Å²) in [6, 6.07) is 0. The van der Waals surface area contributed by atoms with Crippen LogP contribution >= 0.6 is 15.9 Å². The van der Waals surface area contributed by atoms with E-state index in [9.17, 15) is 0 Å². The Labute approximate surface area is 70.9 Å². The van der Waals surface area contributed by atoms with Crippen LogP contribution < -0.4 is 0 Å². The Balaban J connectivity index is 2.59. The molecule has 1 N–H and O–H groups in total. The van der Waals surface area contributed by atoms with Gasteiger partial charge in [0.15, 0.2) is 0 Å². The Hall–Kier alpha value is 0.440. The lowest BCUT2D eigenvalue weighted by Gasteiger charge is -2.10. The molecular weight excluding hydrogens is 192 g/mol. The summed E-state index contributed by atoms with van der Waals surface area (Å²) in [6.45, 7) is 6.96. The highest BCUT2D eigenvalue weighted by atomic mass is 79.9. The van der Waals surface area contributed by atoms with E-state index in [1.165, 1.54) is 0 Å². The standard InChI is InChI=1S/C8H15BrO/c1-6-7(2,4-5-10)8(6,3)9/h6,10H,4-5H2,1-3H3. The topological polar surface area (TPSA) is 20.2 Å². The third-order valence-corrected chi connectivity index (χ3v) is 5.03. The Kier molecular flexibility index (Phi) is 1.89. The predicted octanol–water partition coefficient (Wildman–Crippen LogP) is 2.18. The summed E-state index contributed by atoms with van der Waals surface area (Å²) >= 11 is 3.66. The van der Waals surface area contributed by atoms with Crippen molar-refractivity contribution in [3.63, 3.8) is 0 Å². The number of halogens is 1. The van der Waals surface area contributed by atoms with Crippen LogP contribution in [-0.4, -0.2) is 16.0 Å². The number of aliphatic hydroxyl groups is 1. The minimum Gasteiger partial charge on any atom is -0.396 e. The second-order valence-electron chi connectivity index (χ2n) is 3.69. The molecule has 0 bridgehead atoms. The lowest BCUT2D eigenvalue weighted by atomic mass is 10.0. The molecule has 1 aliphatic carbocycles. The molecule has 3 unspecified atom stereocenters. The number of alkyl halides is 1. The predicted molar refractivity (Wildman–Crippen MR) is 46.3 cm³/mol. The van der Waals surface area contributed by atoms with Gasteiger partial charge in [-0.2, -0.15) is 0 Å². The zero-order valence-electron chi connectivity index (χ0n) is 6.82. The molecule has 1 rings (SSSR count). The Morgan fingerprint density at radius 1 is 1.50 bits per heavy atom. The van der Waals surface area contributed by atoms with Gasteiger partial charge in [0.25, 0.3) is 0 Å². The summed E-state index contributed by atoms with van der Waals surface area (Å²) in [5.41, 5.74) is 0.321. The number of aliphatic hydroxyl groups excluding tert-OH is 1. The largest absolute Gasteiger partial charge is 0.396 e. The van der Waals surface area contributed by atoms with E-state index in [-0.39, 0.29) is 4.32 Å². The van der Waals surface area contributed by atoms with Crippen molar-refractivity contribution in [1.82, 2.24) is 0 Å². The lowest BCUT2D eigenvalue weighted by Crippen LogP contribution is -2.07. The molecule has 0 aliphatic heterocycles. The summed E-state index contributed by atoms with van der Waals surface area (Å²) in [5, 5.41) is 8.77. The van der Waals surface area contributed by atoms with Gasteiger partial charge in [0.2, 0.25) is 0 Å². The van der Waals surface area contributed by atoms with Crippen LogP contribution in [0.1, 0.15) is 27.2 Å². The summed E-state index contributed by atoms with van der Waals surface area (Å²) in [6.07, 6.45) is 0.913. The highest BCUT2D eigenvalue weighted by Crippen LogP contribution is 2.68. The molecule has 1 fully saturated rings. The van der Waals surface area contributed by atoms with E-state index in [0.717, 1.165) is 6.42 Å². The van der Waals surface area contributed by atoms with Crippen molar-refractivity contribution >= 4 is 15.9 Å². The zero-order chi connectivity index (χ0) is 7.99. The number of rotatable bonds is 2. The first kappa shape index (κ1) is 8.54. The van der Waals surface area contributed by atoms with Gasteiger partial charge in [0, 0.05) is 10.9 Å². The van der Waals surface area contributed by atoms with Crippen molar-refractivity contribution in [3.8, 4) is 0 Å². The number of hydrogen-bond acceptors (Lipinski definition) is 1. The molecule has 1 saturated carbocycles. The molecule has 3 atom stereocenters. The second-order valence-corrected chi connectivity index (χ2v) is 5.34. The van der Waals surface area contributed by atoms with Crippen molar-refractivity contribution in [2.24, 2.45) is 11.3 Å². The van der Waals surface area contributed by atoms with Gasteiger partial charge in [-0.3, -0.25) is 0 Å². The second kappa shape index (κ2) is 2.21. The third kappa shape index (κ3) is 0.850. The van der Waals surface area contributed by atoms with Crippen molar-refractivity contribution in [3.05, 3.63) is 0 Å². The fourth-order valence-electron chi connectivity index (χ4n) is 1.78. The molecule has 0 spiro atoms. The van der Waals surface area contributed by atoms with Crippen LogP contribution in [0.15, 0.2) is 0 Å². The first-order valence-electron chi connectivity index (χ1n) is 3.76. The van der Waals surface area contributed by atoms with Gasteiger partial charge in [-0.15, -0.1) is 0 Å². The van der Waals surface area contributed by atoms with Gasteiger partial charge < -0.3 is 5.11 Å². The molecule has 0 aromatic heterocycles. The highest BCUT2D eigenvalue weighted by molar-refractivity contribution is 9.10. The first-order chi connectivity index (χ1) is 4.47. The maximum atomic E-state index is 8.77. The Morgan fingerprint density at radius 3 is 2.00 bits per heavy atom. The van der Waals surface area contributed by atoms with Gasteiger partial charge in [0.05, 0.1) is 0 Å². The molecule has 1 aliphatic rings. The van der Waals surface area contributed by atoms with Crippen LogP contribution in [-0.2, 0) is 0 Å². The van der Waals surface area contributed by atoms with Crippen LogP contribution in [0.4, 0.5) is 0 Å². The fraction of sp³-hybridized carbons (Fsp3) is 1.00. The summed E-state index contributed by atoms with van der Waals surface area (Å²) in [5.74, 6) is 0.687. The molecule has 0 saturated heterocycles. The van der Waals surface area contributed by atoms with Gasteiger partial charge >= 0.3 is 0 Å². The van der Waals surface area contributed by atoms with Crippen LogP contribution in [0, 0.1) is 11.3 Å². The zero-order valence-corrected chi connectivity index (χ0v) is 8.40. The van der Waals surface area contributed by atoms with E-state index >= 15 is 0 Å². The SMILES string of the molecule is CC1C(C)(Br)C1(C)CCO. The minimum atomic E-state index is 0.267. The summed E-state index contributed by atoms with van der Waals surface area (Å²) < 4.78 is 0.267. The lowest BCUT2D eigenvalue weighted by molar-refractivity contribution is 0.247. The molecule has 0 amide bonds. The quantitative estimate of drug-likeness (QED) is 0.688. The Bertz CT molecular complexity index is 144. The van der Waals surface area contributed by atoms with Crippen LogP contribution in [0.5, 0.6) is 0 Å². The molecule has 0 radical (unpaired) electrons. The first-order valence-corrected chi connectivity index (χ1v) is 4.56. The van der Waals surface area contributed by atoms with E-state index in [0.29, 0.717) is 17.9 Å². The monoisotopic (exact) mass is 206 g/mol. The molecular formula is C8H15BrO. The van der Waals surface area contributed by atoms with E-state index in [1.807, 2.05) is 0 Å². The van der Waals surface area contributed by atoms with Gasteiger partial charge in [-0.1, -0.05) is 29.8 Å². The van der Waals surface area contributed by atoms with E-state index in [4.69, 9.17) is 5.11 Å².